The fourth-order valence-electron chi connectivity index (χ4n) is 8.62. The van der Waals surface area contributed by atoms with Crippen molar-refractivity contribution >= 4 is 99.2 Å². The Morgan fingerprint density at radius 1 is 0.316 bits per heavy atom. The minimum absolute atomic E-state index is 0.861. The van der Waals surface area contributed by atoms with Gasteiger partial charge in [0.1, 0.15) is 11.2 Å². The summed E-state index contributed by atoms with van der Waals surface area (Å²) in [6.45, 7) is 4.27. The molecule has 0 saturated heterocycles. The molecule has 0 aliphatic rings. The van der Waals surface area contributed by atoms with Crippen molar-refractivity contribution in [1.82, 2.24) is 0 Å². The third-order valence-corrected chi connectivity index (χ3v) is 11.5. The van der Waals surface area contributed by atoms with E-state index in [1.807, 2.05) is 0 Å². The molecule has 10 aromatic carbocycles. The van der Waals surface area contributed by atoms with Gasteiger partial charge < -0.3 is 14.2 Å². The first-order valence-corrected chi connectivity index (χ1v) is 19.6. The summed E-state index contributed by atoms with van der Waals surface area (Å²) >= 11 is 0. The van der Waals surface area contributed by atoms with Gasteiger partial charge in [0.05, 0.1) is 0 Å². The van der Waals surface area contributed by atoms with Crippen LogP contribution in [0.1, 0.15) is 11.1 Å². The van der Waals surface area contributed by atoms with Crippen LogP contribution in [0.15, 0.2) is 199 Å². The zero-order valence-electron chi connectivity index (χ0n) is 31.8. The van der Waals surface area contributed by atoms with Crippen molar-refractivity contribution in [1.29, 1.82) is 0 Å². The van der Waals surface area contributed by atoms with Crippen LogP contribution in [0.5, 0.6) is 0 Å². The van der Waals surface area contributed by atoms with E-state index in [4.69, 9.17) is 4.42 Å². The number of aryl methyl sites for hydroxylation is 2. The average Bonchev–Trinajstić information content (AvgIpc) is 3.65. The van der Waals surface area contributed by atoms with Crippen molar-refractivity contribution in [2.45, 2.75) is 13.8 Å². The van der Waals surface area contributed by atoms with E-state index < -0.39 is 0 Å². The largest absolute Gasteiger partial charge is 0.455 e. The summed E-state index contributed by atoms with van der Waals surface area (Å²) in [6.07, 6.45) is 0. The number of furan rings is 1. The van der Waals surface area contributed by atoms with Gasteiger partial charge in [-0.25, -0.2) is 0 Å². The van der Waals surface area contributed by atoms with E-state index in [0.717, 1.165) is 66.8 Å². The number of benzene rings is 10. The van der Waals surface area contributed by atoms with E-state index in [2.05, 4.69) is 218 Å². The lowest BCUT2D eigenvalue weighted by atomic mass is 9.96. The lowest BCUT2D eigenvalue weighted by Crippen LogP contribution is -2.10. The van der Waals surface area contributed by atoms with Crippen molar-refractivity contribution in [3.63, 3.8) is 0 Å². The molecule has 0 saturated carbocycles. The lowest BCUT2D eigenvalue weighted by molar-refractivity contribution is 0.673. The van der Waals surface area contributed by atoms with Crippen LogP contribution in [0, 0.1) is 13.8 Å². The molecular formula is C54H38N2O. The van der Waals surface area contributed by atoms with Crippen LogP contribution in [0.2, 0.25) is 0 Å². The van der Waals surface area contributed by atoms with Crippen molar-refractivity contribution < 1.29 is 4.42 Å². The van der Waals surface area contributed by atoms with Crippen molar-refractivity contribution in [2.24, 2.45) is 0 Å². The SMILES string of the molecule is Cc1ccc(N(c2ccc3ccccc3c2)c2ccc3c(c2)oc2c4ccc(N(c5ccc(C)cc5)c5ccc6ccccc6c5)cc4c4ccccc4c32)cc1. The molecule has 0 spiro atoms. The van der Waals surface area contributed by atoms with Gasteiger partial charge in [-0.1, -0.05) is 120 Å². The first-order chi connectivity index (χ1) is 28.1. The fraction of sp³-hybridized carbons (Fsp3) is 0.0370. The van der Waals surface area contributed by atoms with Crippen LogP contribution < -0.4 is 9.80 Å². The van der Waals surface area contributed by atoms with Gasteiger partial charge in [-0.3, -0.25) is 0 Å². The highest BCUT2D eigenvalue weighted by molar-refractivity contribution is 6.30. The number of fused-ring (bicyclic) bond motifs is 10. The molecule has 11 rings (SSSR count). The second-order valence-corrected chi connectivity index (χ2v) is 15.2. The van der Waals surface area contributed by atoms with Crippen molar-refractivity contribution in [3.8, 4) is 0 Å². The summed E-state index contributed by atoms with van der Waals surface area (Å²) < 4.78 is 7.02. The van der Waals surface area contributed by atoms with E-state index in [9.17, 15) is 0 Å². The molecule has 3 nitrogen and oxygen atoms in total. The first kappa shape index (κ1) is 33.0. The van der Waals surface area contributed by atoms with Crippen LogP contribution in [-0.2, 0) is 0 Å². The molecule has 0 amide bonds. The topological polar surface area (TPSA) is 19.6 Å². The molecule has 1 aromatic heterocycles. The standard InChI is InChI=1S/C54H38N2O/c1-35-15-21-41(22-16-35)55(43-25-19-37-9-3-5-11-39(37)31-43)45-27-29-49-51(33-45)47-13-7-8-14-48(47)53-50-30-28-46(34-52(50)57-54(49)53)56(42-23-17-36(2)18-24-42)44-26-20-38-10-4-6-12-40(38)32-44/h3-34H,1-2H3. The Morgan fingerprint density at radius 3 is 1.33 bits per heavy atom. The van der Waals surface area contributed by atoms with Gasteiger partial charge in [-0.05, 0) is 130 Å². The predicted molar refractivity (Wildman–Crippen MR) is 243 cm³/mol. The summed E-state index contributed by atoms with van der Waals surface area (Å²) in [4.78, 5) is 4.69. The quantitative estimate of drug-likeness (QED) is 0.159. The minimum atomic E-state index is 0.861. The highest BCUT2D eigenvalue weighted by atomic mass is 16.3. The summed E-state index contributed by atoms with van der Waals surface area (Å²) in [5.74, 6) is 0. The monoisotopic (exact) mass is 730 g/mol. The second kappa shape index (κ2) is 13.1. The van der Waals surface area contributed by atoms with Gasteiger partial charge in [0.15, 0.2) is 0 Å². The third kappa shape index (κ3) is 5.58. The second-order valence-electron chi connectivity index (χ2n) is 15.2. The molecule has 0 atom stereocenters. The third-order valence-electron chi connectivity index (χ3n) is 11.5. The van der Waals surface area contributed by atoms with Gasteiger partial charge in [-0.15, -0.1) is 0 Å². The molecule has 0 N–H and O–H groups in total. The van der Waals surface area contributed by atoms with Gasteiger partial charge in [0.25, 0.3) is 0 Å². The Morgan fingerprint density at radius 2 is 0.754 bits per heavy atom. The predicted octanol–water partition coefficient (Wildman–Crippen LogP) is 15.8. The van der Waals surface area contributed by atoms with E-state index in [-0.39, 0.29) is 0 Å². The van der Waals surface area contributed by atoms with E-state index >= 15 is 0 Å². The molecule has 0 aliphatic heterocycles. The molecule has 57 heavy (non-hydrogen) atoms. The van der Waals surface area contributed by atoms with E-state index in [1.54, 1.807) is 0 Å². The average molecular weight is 731 g/mol. The maximum Gasteiger partial charge on any atom is 0.143 e. The summed E-state index contributed by atoms with van der Waals surface area (Å²) in [5, 5.41) is 11.8. The number of hydrogen-bond acceptors (Lipinski definition) is 3. The summed E-state index contributed by atoms with van der Waals surface area (Å²) in [5.41, 5.74) is 10.8. The van der Waals surface area contributed by atoms with Crippen LogP contribution in [-0.4, -0.2) is 0 Å². The molecule has 0 aliphatic carbocycles. The summed E-state index contributed by atoms with van der Waals surface area (Å²) in [7, 11) is 0. The number of hydrogen-bond donors (Lipinski definition) is 0. The number of anilines is 6. The van der Waals surface area contributed by atoms with Gasteiger partial charge in [0, 0.05) is 56.3 Å². The maximum atomic E-state index is 7.02. The lowest BCUT2D eigenvalue weighted by Gasteiger charge is -2.26. The Balaban J connectivity index is 1.11. The van der Waals surface area contributed by atoms with Gasteiger partial charge in [-0.2, -0.15) is 0 Å². The molecule has 0 radical (unpaired) electrons. The van der Waals surface area contributed by atoms with Crippen LogP contribution in [0.3, 0.4) is 0 Å². The van der Waals surface area contributed by atoms with Crippen LogP contribution in [0.4, 0.5) is 34.1 Å². The van der Waals surface area contributed by atoms with E-state index in [0.29, 0.717) is 0 Å². The molecule has 0 bridgehead atoms. The molecule has 0 unspecified atom stereocenters. The van der Waals surface area contributed by atoms with Crippen molar-refractivity contribution in [2.75, 3.05) is 9.80 Å². The zero-order chi connectivity index (χ0) is 38.0. The first-order valence-electron chi connectivity index (χ1n) is 19.6. The zero-order valence-corrected chi connectivity index (χ0v) is 31.8. The molecule has 3 heteroatoms. The number of nitrogens with zero attached hydrogens (tertiary/aromatic N) is 2. The Labute approximate surface area is 331 Å². The molecule has 0 fully saturated rings. The smallest absolute Gasteiger partial charge is 0.143 e. The van der Waals surface area contributed by atoms with Crippen LogP contribution in [0.25, 0.3) is 65.0 Å². The molecule has 270 valence electrons. The van der Waals surface area contributed by atoms with E-state index in [1.165, 1.54) is 43.4 Å². The Bertz CT molecular complexity index is 3320. The summed E-state index contributed by atoms with van der Waals surface area (Å²) in [6, 6.07) is 70.3. The Hall–Kier alpha value is -7.36. The normalized spacial score (nSPS) is 11.7. The Kier molecular flexibility index (Phi) is 7.61. The molecular weight excluding hydrogens is 693 g/mol. The minimum Gasteiger partial charge on any atom is -0.455 e. The number of rotatable bonds is 6. The van der Waals surface area contributed by atoms with Crippen LogP contribution >= 0.6 is 0 Å². The fourth-order valence-corrected chi connectivity index (χ4v) is 8.62. The highest BCUT2D eigenvalue weighted by Crippen LogP contribution is 2.46. The molecule has 11 aromatic rings. The van der Waals surface area contributed by atoms with Gasteiger partial charge in [0.2, 0.25) is 0 Å². The van der Waals surface area contributed by atoms with Gasteiger partial charge >= 0.3 is 0 Å². The highest BCUT2D eigenvalue weighted by Gasteiger charge is 2.21. The molecule has 1 heterocycles. The maximum absolute atomic E-state index is 7.02. The van der Waals surface area contributed by atoms with Crippen molar-refractivity contribution in [3.05, 3.63) is 205 Å².